The van der Waals surface area contributed by atoms with E-state index in [0.717, 1.165) is 16.1 Å². The maximum Gasteiger partial charge on any atom is 0.172 e. The van der Waals surface area contributed by atoms with Gasteiger partial charge in [0, 0.05) is 30.4 Å². The van der Waals surface area contributed by atoms with Crippen LogP contribution < -0.4 is 5.73 Å². The molecular weight excluding hydrogens is 310 g/mol. The summed E-state index contributed by atoms with van der Waals surface area (Å²) in [5.74, 6) is -0.0271. The second-order valence-corrected chi connectivity index (χ2v) is 6.05. The Balaban J connectivity index is 2.07. The highest BCUT2D eigenvalue weighted by molar-refractivity contribution is 7.17. The van der Waals surface area contributed by atoms with E-state index in [0.29, 0.717) is 16.1 Å². The fourth-order valence-electron chi connectivity index (χ4n) is 2.21. The Morgan fingerprint density at radius 3 is 2.35 bits per heavy atom. The fraction of sp³-hybridized carbons (Fsp3) is 0.118. The number of thiazole rings is 1. The molecule has 5 nitrogen and oxygen atoms in total. The smallest absolute Gasteiger partial charge is 0.172 e. The average Bonchev–Trinajstić information content (AvgIpc) is 3.01. The summed E-state index contributed by atoms with van der Waals surface area (Å²) < 4.78 is 0. The van der Waals surface area contributed by atoms with Gasteiger partial charge in [0.05, 0.1) is 10.6 Å². The molecule has 0 bridgehead atoms. The van der Waals surface area contributed by atoms with E-state index in [9.17, 15) is 9.90 Å². The number of aromatic nitrogens is 2. The summed E-state index contributed by atoms with van der Waals surface area (Å²) in [4.78, 5) is 21.2. The number of aliphatic hydroxyl groups is 1. The molecule has 23 heavy (non-hydrogen) atoms. The Hall–Kier alpha value is -2.41. The lowest BCUT2D eigenvalue weighted by molar-refractivity contribution is 0.102. The number of hydrogen-bond donors (Lipinski definition) is 2. The number of nitrogens with zero attached hydrogens (tertiary/aromatic N) is 2. The number of ketones is 1. The molecule has 116 valence electrons. The average molecular weight is 325 g/mol. The van der Waals surface area contributed by atoms with Crippen molar-refractivity contribution >= 4 is 17.1 Å². The van der Waals surface area contributed by atoms with Crippen molar-refractivity contribution in [1.82, 2.24) is 9.97 Å². The van der Waals surface area contributed by atoms with Crippen molar-refractivity contribution in [2.45, 2.75) is 13.2 Å². The van der Waals surface area contributed by atoms with Gasteiger partial charge in [-0.1, -0.05) is 24.3 Å². The maximum atomic E-state index is 12.0. The van der Waals surface area contributed by atoms with Gasteiger partial charge >= 0.3 is 0 Å². The molecule has 1 aromatic carbocycles. The summed E-state index contributed by atoms with van der Waals surface area (Å²) in [6.07, 6.45) is 2.38. The minimum Gasteiger partial charge on any atom is -0.375 e. The minimum atomic E-state index is -1.01. The quantitative estimate of drug-likeness (QED) is 0.568. The van der Waals surface area contributed by atoms with Crippen LogP contribution in [0.2, 0.25) is 0 Å². The first-order valence-electron chi connectivity index (χ1n) is 7.02. The van der Waals surface area contributed by atoms with Crippen LogP contribution in [-0.4, -0.2) is 20.9 Å². The Bertz CT molecular complexity index is 827. The van der Waals surface area contributed by atoms with Crippen molar-refractivity contribution in [2.24, 2.45) is 5.73 Å². The van der Waals surface area contributed by atoms with E-state index in [1.54, 1.807) is 24.5 Å². The summed E-state index contributed by atoms with van der Waals surface area (Å²) in [6, 6.07) is 10.8. The zero-order valence-corrected chi connectivity index (χ0v) is 13.2. The molecule has 0 amide bonds. The highest BCUT2D eigenvalue weighted by Crippen LogP contribution is 2.34. The zero-order chi connectivity index (χ0) is 16.4. The van der Waals surface area contributed by atoms with Crippen LogP contribution in [0.3, 0.4) is 0 Å². The molecule has 3 N–H and O–H groups in total. The Morgan fingerprint density at radius 2 is 1.78 bits per heavy atom. The third-order valence-corrected chi connectivity index (χ3v) is 4.61. The van der Waals surface area contributed by atoms with E-state index in [-0.39, 0.29) is 5.78 Å². The molecule has 0 saturated carbocycles. The first-order chi connectivity index (χ1) is 11.1. The third kappa shape index (κ3) is 3.19. The van der Waals surface area contributed by atoms with Crippen LogP contribution in [0.1, 0.15) is 28.4 Å². The molecule has 6 heteroatoms. The molecule has 2 aromatic heterocycles. The molecule has 0 saturated heterocycles. The van der Waals surface area contributed by atoms with Gasteiger partial charge in [-0.25, -0.2) is 4.98 Å². The predicted octanol–water partition coefficient (Wildman–Crippen LogP) is 3.02. The SMILES string of the molecule is CC(=O)c1sc(-c2ccncc2)nc1-c1ccc(C(N)O)cc1. The van der Waals surface area contributed by atoms with E-state index in [1.807, 2.05) is 24.3 Å². The van der Waals surface area contributed by atoms with Crippen molar-refractivity contribution < 1.29 is 9.90 Å². The largest absolute Gasteiger partial charge is 0.375 e. The maximum absolute atomic E-state index is 12.0. The molecule has 3 aromatic rings. The van der Waals surface area contributed by atoms with Gasteiger partial charge in [-0.05, 0) is 17.7 Å². The van der Waals surface area contributed by atoms with Crippen molar-refractivity contribution in [3.63, 3.8) is 0 Å². The van der Waals surface area contributed by atoms with Gasteiger partial charge in [-0.15, -0.1) is 11.3 Å². The first kappa shape index (κ1) is 15.5. The summed E-state index contributed by atoms with van der Waals surface area (Å²) in [5.41, 5.74) is 8.44. The topological polar surface area (TPSA) is 89.1 Å². The van der Waals surface area contributed by atoms with Crippen LogP contribution in [0.15, 0.2) is 48.8 Å². The normalized spacial score (nSPS) is 12.1. The Labute approximate surface area is 137 Å². The number of pyridine rings is 1. The highest BCUT2D eigenvalue weighted by atomic mass is 32.1. The third-order valence-electron chi connectivity index (χ3n) is 3.40. The molecule has 0 fully saturated rings. The zero-order valence-electron chi connectivity index (χ0n) is 12.4. The number of benzene rings is 1. The number of hydrogen-bond acceptors (Lipinski definition) is 6. The summed E-state index contributed by atoms with van der Waals surface area (Å²) in [7, 11) is 0. The predicted molar refractivity (Wildman–Crippen MR) is 89.9 cm³/mol. The molecule has 2 heterocycles. The van der Waals surface area contributed by atoms with E-state index < -0.39 is 6.23 Å². The molecule has 0 spiro atoms. The summed E-state index contributed by atoms with van der Waals surface area (Å²) >= 11 is 1.36. The number of carbonyl (C=O) groups is 1. The van der Waals surface area contributed by atoms with Gasteiger partial charge in [-0.3, -0.25) is 9.78 Å². The van der Waals surface area contributed by atoms with Gasteiger partial charge in [0.25, 0.3) is 0 Å². The number of rotatable bonds is 4. The highest BCUT2D eigenvalue weighted by Gasteiger charge is 2.17. The first-order valence-corrected chi connectivity index (χ1v) is 7.84. The lowest BCUT2D eigenvalue weighted by atomic mass is 10.1. The molecule has 1 unspecified atom stereocenters. The van der Waals surface area contributed by atoms with Gasteiger partial charge < -0.3 is 10.8 Å². The van der Waals surface area contributed by atoms with E-state index >= 15 is 0 Å². The number of Topliss-reactive ketones (excluding diaryl/α,β-unsaturated/α-hetero) is 1. The van der Waals surface area contributed by atoms with Gasteiger partial charge in [-0.2, -0.15) is 0 Å². The molecule has 0 aliphatic heterocycles. The standard InChI is InChI=1S/C17H15N3O2S/c1-10(21)15-14(11-2-4-12(5-3-11)16(18)22)20-17(23-15)13-6-8-19-9-7-13/h2-9,16,22H,18H2,1H3. The van der Waals surface area contributed by atoms with Gasteiger partial charge in [0.15, 0.2) is 5.78 Å². The number of nitrogens with two attached hydrogens (primary N) is 1. The Kier molecular flexibility index (Phi) is 4.29. The number of carbonyl (C=O) groups excluding carboxylic acids is 1. The van der Waals surface area contributed by atoms with Crippen LogP contribution in [-0.2, 0) is 0 Å². The van der Waals surface area contributed by atoms with Crippen LogP contribution in [0.4, 0.5) is 0 Å². The fourth-order valence-corrected chi connectivity index (χ4v) is 3.20. The lowest BCUT2D eigenvalue weighted by Gasteiger charge is -2.05. The van der Waals surface area contributed by atoms with Crippen molar-refractivity contribution in [2.75, 3.05) is 0 Å². The van der Waals surface area contributed by atoms with E-state index in [1.165, 1.54) is 18.3 Å². The van der Waals surface area contributed by atoms with E-state index in [2.05, 4.69) is 9.97 Å². The van der Waals surface area contributed by atoms with Crippen molar-refractivity contribution in [1.29, 1.82) is 0 Å². The van der Waals surface area contributed by atoms with Gasteiger partial charge in [0.1, 0.15) is 11.2 Å². The molecule has 1 atom stereocenters. The van der Waals surface area contributed by atoms with Crippen LogP contribution >= 0.6 is 11.3 Å². The van der Waals surface area contributed by atoms with Crippen LogP contribution in [0, 0.1) is 0 Å². The molecular formula is C17H15N3O2S. The summed E-state index contributed by atoms with van der Waals surface area (Å²) in [5, 5.41) is 10.2. The van der Waals surface area contributed by atoms with Gasteiger partial charge in [0.2, 0.25) is 0 Å². The monoisotopic (exact) mass is 325 g/mol. The molecule has 0 aliphatic rings. The second-order valence-electron chi connectivity index (χ2n) is 5.06. The van der Waals surface area contributed by atoms with Crippen LogP contribution in [0.25, 0.3) is 21.8 Å². The van der Waals surface area contributed by atoms with Crippen molar-refractivity contribution in [3.8, 4) is 21.8 Å². The minimum absolute atomic E-state index is 0.0271. The van der Waals surface area contributed by atoms with Crippen molar-refractivity contribution in [3.05, 3.63) is 59.2 Å². The molecule has 0 radical (unpaired) electrons. The number of aliphatic hydroxyl groups excluding tert-OH is 1. The molecule has 0 aliphatic carbocycles. The van der Waals surface area contributed by atoms with Crippen LogP contribution in [0.5, 0.6) is 0 Å². The Morgan fingerprint density at radius 1 is 1.13 bits per heavy atom. The lowest BCUT2D eigenvalue weighted by Crippen LogP contribution is -2.07. The van der Waals surface area contributed by atoms with E-state index in [4.69, 9.17) is 5.73 Å². The molecule has 3 rings (SSSR count). The second kappa shape index (κ2) is 6.37. The summed E-state index contributed by atoms with van der Waals surface area (Å²) in [6.45, 7) is 1.53.